The normalized spacial score (nSPS) is 15.3. The van der Waals surface area contributed by atoms with Crippen LogP contribution in [0, 0.1) is 11.7 Å². The lowest BCUT2D eigenvalue weighted by atomic mass is 9.99. The van der Waals surface area contributed by atoms with Gasteiger partial charge in [0.25, 0.3) is 0 Å². The van der Waals surface area contributed by atoms with Crippen molar-refractivity contribution in [3.05, 3.63) is 47.4 Å². The highest BCUT2D eigenvalue weighted by molar-refractivity contribution is 7.80. The van der Waals surface area contributed by atoms with Crippen LogP contribution in [0.15, 0.2) is 30.3 Å². The predicted octanol–water partition coefficient (Wildman–Crippen LogP) is 4.36. The molecule has 1 saturated heterocycles. The second-order valence-electron chi connectivity index (χ2n) is 7.04. The first kappa shape index (κ1) is 21.2. The molecule has 1 fully saturated rings. The summed E-state index contributed by atoms with van der Waals surface area (Å²) >= 11 is 5.14. The van der Waals surface area contributed by atoms with Crippen LogP contribution in [0.2, 0.25) is 0 Å². The lowest BCUT2D eigenvalue weighted by Gasteiger charge is -2.31. The standard InChI is InChI=1S/C19H21F4N5S/c1-12-6-8-28(9-7-12)16-10-15(19(21,22)23)25-17(26-16)27-18(29)24-11-13-2-4-14(20)5-3-13/h2-5,10,12H,6-9,11H2,1H3,(H2,24,25,26,27,29). The number of aromatic nitrogens is 2. The van der Waals surface area contributed by atoms with Crippen LogP contribution in [0.25, 0.3) is 0 Å². The van der Waals surface area contributed by atoms with E-state index >= 15 is 0 Å². The van der Waals surface area contributed by atoms with E-state index in [1.54, 1.807) is 12.1 Å². The van der Waals surface area contributed by atoms with E-state index in [-0.39, 0.29) is 29.2 Å². The zero-order valence-electron chi connectivity index (χ0n) is 15.8. The number of halogens is 4. The summed E-state index contributed by atoms with van der Waals surface area (Å²) in [6.45, 7) is 3.68. The first-order valence-electron chi connectivity index (χ1n) is 9.21. The third-order valence-electron chi connectivity index (χ3n) is 4.70. The maximum atomic E-state index is 13.3. The molecular formula is C19H21F4N5S. The minimum Gasteiger partial charge on any atom is -0.358 e. The topological polar surface area (TPSA) is 53.1 Å². The van der Waals surface area contributed by atoms with Crippen molar-refractivity contribution in [1.82, 2.24) is 15.3 Å². The molecule has 0 radical (unpaired) electrons. The number of nitrogens with zero attached hydrogens (tertiary/aromatic N) is 3. The van der Waals surface area contributed by atoms with Gasteiger partial charge in [-0.1, -0.05) is 19.1 Å². The SMILES string of the molecule is CC1CCN(c2cc(C(F)(F)F)nc(NC(=S)NCc3ccc(F)cc3)n2)CC1. The van der Waals surface area contributed by atoms with Gasteiger partial charge in [-0.15, -0.1) is 0 Å². The van der Waals surface area contributed by atoms with Crippen LogP contribution in [0.4, 0.5) is 29.3 Å². The molecule has 2 heterocycles. The van der Waals surface area contributed by atoms with Crippen molar-refractivity contribution in [2.75, 3.05) is 23.3 Å². The molecule has 1 aliphatic rings. The summed E-state index contributed by atoms with van der Waals surface area (Å²) in [5.74, 6) is 0.190. The monoisotopic (exact) mass is 427 g/mol. The molecule has 1 aromatic carbocycles. The number of nitrogens with one attached hydrogen (secondary N) is 2. The molecule has 10 heteroatoms. The van der Waals surface area contributed by atoms with Crippen molar-refractivity contribution in [2.24, 2.45) is 5.92 Å². The average Bonchev–Trinajstić information content (AvgIpc) is 2.67. The Morgan fingerprint density at radius 1 is 1.17 bits per heavy atom. The van der Waals surface area contributed by atoms with Crippen LogP contribution in [-0.2, 0) is 12.7 Å². The number of alkyl halides is 3. The fourth-order valence-electron chi connectivity index (χ4n) is 2.97. The van der Waals surface area contributed by atoms with Gasteiger partial charge in [-0.25, -0.2) is 9.37 Å². The van der Waals surface area contributed by atoms with Crippen LogP contribution in [0.1, 0.15) is 31.0 Å². The van der Waals surface area contributed by atoms with E-state index in [1.807, 2.05) is 4.90 Å². The van der Waals surface area contributed by atoms with E-state index in [2.05, 4.69) is 27.5 Å². The van der Waals surface area contributed by atoms with Gasteiger partial charge in [-0.2, -0.15) is 18.2 Å². The number of piperidine rings is 1. The van der Waals surface area contributed by atoms with Crippen LogP contribution in [0.5, 0.6) is 0 Å². The number of rotatable bonds is 4. The molecule has 156 valence electrons. The van der Waals surface area contributed by atoms with Crippen molar-refractivity contribution >= 4 is 29.1 Å². The Kier molecular flexibility index (Phi) is 6.51. The van der Waals surface area contributed by atoms with Gasteiger partial charge in [0.15, 0.2) is 10.8 Å². The summed E-state index contributed by atoms with van der Waals surface area (Å²) in [5.41, 5.74) is -0.256. The highest BCUT2D eigenvalue weighted by atomic mass is 32.1. The van der Waals surface area contributed by atoms with Gasteiger partial charge < -0.3 is 15.5 Å². The minimum absolute atomic E-state index is 0.0758. The Hall–Kier alpha value is -2.49. The molecule has 0 bridgehead atoms. The fraction of sp³-hybridized carbons (Fsp3) is 0.421. The molecule has 0 saturated carbocycles. The molecule has 0 amide bonds. The molecule has 5 nitrogen and oxygen atoms in total. The number of benzene rings is 1. The zero-order chi connectivity index (χ0) is 21.0. The van der Waals surface area contributed by atoms with E-state index < -0.39 is 11.9 Å². The number of hydrogen-bond acceptors (Lipinski definition) is 4. The molecule has 2 aromatic rings. The van der Waals surface area contributed by atoms with Gasteiger partial charge in [-0.05, 0) is 48.7 Å². The fourth-order valence-corrected chi connectivity index (χ4v) is 3.13. The van der Waals surface area contributed by atoms with Crippen LogP contribution >= 0.6 is 12.2 Å². The molecule has 1 aliphatic heterocycles. The third-order valence-corrected chi connectivity index (χ3v) is 4.95. The zero-order valence-corrected chi connectivity index (χ0v) is 16.6. The molecule has 0 atom stereocenters. The first-order chi connectivity index (χ1) is 13.7. The van der Waals surface area contributed by atoms with Crippen molar-refractivity contribution < 1.29 is 17.6 Å². The third kappa shape index (κ3) is 5.99. The van der Waals surface area contributed by atoms with Crippen LogP contribution < -0.4 is 15.5 Å². The van der Waals surface area contributed by atoms with Gasteiger partial charge in [0, 0.05) is 25.7 Å². The molecule has 0 aliphatic carbocycles. The largest absolute Gasteiger partial charge is 0.433 e. The second kappa shape index (κ2) is 8.89. The van der Waals surface area contributed by atoms with Crippen molar-refractivity contribution in [3.63, 3.8) is 0 Å². The summed E-state index contributed by atoms with van der Waals surface area (Å²) < 4.78 is 52.9. The van der Waals surface area contributed by atoms with E-state index in [0.29, 0.717) is 19.0 Å². The van der Waals surface area contributed by atoms with E-state index in [4.69, 9.17) is 12.2 Å². The summed E-state index contributed by atoms with van der Waals surface area (Å²) in [6.07, 6.45) is -2.81. The van der Waals surface area contributed by atoms with Gasteiger partial charge in [0.2, 0.25) is 5.95 Å². The summed E-state index contributed by atoms with van der Waals surface area (Å²) in [6, 6.07) is 6.77. The smallest absolute Gasteiger partial charge is 0.358 e. The quantitative estimate of drug-likeness (QED) is 0.559. The Morgan fingerprint density at radius 2 is 1.83 bits per heavy atom. The molecule has 0 spiro atoms. The Balaban J connectivity index is 1.72. The Bertz CT molecular complexity index is 849. The lowest BCUT2D eigenvalue weighted by Crippen LogP contribution is -2.34. The predicted molar refractivity (Wildman–Crippen MR) is 107 cm³/mol. The summed E-state index contributed by atoms with van der Waals surface area (Å²) in [7, 11) is 0. The number of hydrogen-bond donors (Lipinski definition) is 2. The molecular weight excluding hydrogens is 406 g/mol. The molecule has 1 aromatic heterocycles. The van der Waals surface area contributed by atoms with Crippen LogP contribution in [-0.4, -0.2) is 28.2 Å². The number of anilines is 2. The Morgan fingerprint density at radius 3 is 2.45 bits per heavy atom. The summed E-state index contributed by atoms with van der Waals surface area (Å²) in [4.78, 5) is 9.63. The van der Waals surface area contributed by atoms with E-state index in [1.165, 1.54) is 12.1 Å². The van der Waals surface area contributed by atoms with Crippen molar-refractivity contribution in [2.45, 2.75) is 32.5 Å². The van der Waals surface area contributed by atoms with Gasteiger partial charge in [0.05, 0.1) is 0 Å². The maximum Gasteiger partial charge on any atom is 0.433 e. The highest BCUT2D eigenvalue weighted by Crippen LogP contribution is 2.31. The first-order valence-corrected chi connectivity index (χ1v) is 9.62. The van der Waals surface area contributed by atoms with Gasteiger partial charge in [-0.3, -0.25) is 0 Å². The van der Waals surface area contributed by atoms with Crippen LogP contribution in [0.3, 0.4) is 0 Å². The average molecular weight is 427 g/mol. The van der Waals surface area contributed by atoms with E-state index in [9.17, 15) is 17.6 Å². The maximum absolute atomic E-state index is 13.3. The lowest BCUT2D eigenvalue weighted by molar-refractivity contribution is -0.141. The molecule has 29 heavy (non-hydrogen) atoms. The second-order valence-corrected chi connectivity index (χ2v) is 7.44. The molecule has 3 rings (SSSR count). The highest BCUT2D eigenvalue weighted by Gasteiger charge is 2.34. The number of thiocarbonyl (C=S) groups is 1. The van der Waals surface area contributed by atoms with Gasteiger partial charge >= 0.3 is 6.18 Å². The minimum atomic E-state index is -4.60. The Labute approximate surface area is 171 Å². The van der Waals surface area contributed by atoms with Crippen molar-refractivity contribution in [3.8, 4) is 0 Å². The van der Waals surface area contributed by atoms with Crippen molar-refractivity contribution in [1.29, 1.82) is 0 Å². The van der Waals surface area contributed by atoms with Gasteiger partial charge in [0.1, 0.15) is 11.6 Å². The molecule has 2 N–H and O–H groups in total. The molecule has 0 unspecified atom stereocenters. The van der Waals surface area contributed by atoms with E-state index in [0.717, 1.165) is 24.5 Å². The summed E-state index contributed by atoms with van der Waals surface area (Å²) in [5, 5.41) is 5.55.